The Balaban J connectivity index is 2.03. The van der Waals surface area contributed by atoms with E-state index in [0.717, 1.165) is 0 Å². The van der Waals surface area contributed by atoms with Gasteiger partial charge in [0.2, 0.25) is 0 Å². The molecule has 2 N–H and O–H groups in total. The Bertz CT molecular complexity index is 646. The summed E-state index contributed by atoms with van der Waals surface area (Å²) in [5, 5.41) is 7.22. The second kappa shape index (κ2) is 6.01. The van der Waals surface area contributed by atoms with Crippen LogP contribution < -0.4 is 10.6 Å². The average molecular weight is 304 g/mol. The summed E-state index contributed by atoms with van der Waals surface area (Å²) in [6, 6.07) is 5.50. The molecule has 6 nitrogen and oxygen atoms in total. The lowest BCUT2D eigenvalue weighted by atomic mass is 10.1. The molecular weight excluding hydrogens is 288 g/mol. The molecule has 2 aromatic heterocycles. The minimum Gasteiger partial charge on any atom is -0.343 e. The van der Waals surface area contributed by atoms with Crippen molar-refractivity contribution in [3.8, 4) is 11.4 Å². The van der Waals surface area contributed by atoms with Gasteiger partial charge in [0.25, 0.3) is 0 Å². The molecular formula is C14H16N4O2S. The summed E-state index contributed by atoms with van der Waals surface area (Å²) in [4.78, 5) is 31.9. The number of hydrogen-bond acceptors (Lipinski definition) is 5. The van der Waals surface area contributed by atoms with E-state index in [9.17, 15) is 9.59 Å². The molecule has 0 saturated heterocycles. The van der Waals surface area contributed by atoms with E-state index in [2.05, 4.69) is 20.6 Å². The largest absolute Gasteiger partial charge is 0.343 e. The van der Waals surface area contributed by atoms with Crippen molar-refractivity contribution in [2.75, 3.05) is 5.32 Å². The topological polar surface area (TPSA) is 84.0 Å². The number of nitrogens with one attached hydrogen (secondary N) is 2. The number of carbonyl (C=O) groups excluding carboxylic acids is 2. The number of anilines is 1. The molecule has 7 heteroatoms. The number of rotatable bonds is 2. The van der Waals surface area contributed by atoms with Crippen LogP contribution in [0.5, 0.6) is 0 Å². The number of nitrogens with zero attached hydrogens (tertiary/aromatic N) is 2. The van der Waals surface area contributed by atoms with Gasteiger partial charge in [-0.05, 0) is 32.9 Å². The molecule has 0 saturated carbocycles. The van der Waals surface area contributed by atoms with Crippen molar-refractivity contribution in [2.45, 2.75) is 26.3 Å². The van der Waals surface area contributed by atoms with Crippen LogP contribution in [0.3, 0.4) is 0 Å². The van der Waals surface area contributed by atoms with Crippen LogP contribution in [0.1, 0.15) is 20.8 Å². The second-order valence-electron chi connectivity index (χ2n) is 5.41. The lowest BCUT2D eigenvalue weighted by molar-refractivity contribution is -0.137. The molecule has 0 atom stereocenters. The first-order chi connectivity index (χ1) is 9.85. The number of aromatic nitrogens is 2. The van der Waals surface area contributed by atoms with Crippen molar-refractivity contribution in [1.82, 2.24) is 15.3 Å². The number of carbonyl (C=O) groups is 2. The van der Waals surface area contributed by atoms with E-state index in [4.69, 9.17) is 0 Å². The summed E-state index contributed by atoms with van der Waals surface area (Å²) in [6.45, 7) is 5.42. The third-order valence-corrected chi connectivity index (χ3v) is 3.10. The molecule has 2 aromatic rings. The molecule has 0 aliphatic carbocycles. The molecule has 0 spiro atoms. The number of thiazole rings is 1. The van der Waals surface area contributed by atoms with Crippen LogP contribution in [-0.2, 0) is 9.59 Å². The highest BCUT2D eigenvalue weighted by atomic mass is 32.1. The predicted molar refractivity (Wildman–Crippen MR) is 81.9 cm³/mol. The summed E-state index contributed by atoms with van der Waals surface area (Å²) in [7, 11) is 0. The molecule has 21 heavy (non-hydrogen) atoms. The van der Waals surface area contributed by atoms with Crippen LogP contribution in [0.25, 0.3) is 11.4 Å². The van der Waals surface area contributed by atoms with Gasteiger partial charge in [-0.25, -0.2) is 4.98 Å². The molecule has 2 amide bonds. The lowest BCUT2D eigenvalue weighted by Gasteiger charge is -2.19. The molecule has 0 aliphatic heterocycles. The first-order valence-electron chi connectivity index (χ1n) is 6.35. The first-order valence-corrected chi connectivity index (χ1v) is 7.23. The lowest BCUT2D eigenvalue weighted by Crippen LogP contribution is -2.46. The summed E-state index contributed by atoms with van der Waals surface area (Å²) in [5.41, 5.74) is 0.914. The average Bonchev–Trinajstić information content (AvgIpc) is 2.86. The highest BCUT2D eigenvalue weighted by molar-refractivity contribution is 7.14. The summed E-state index contributed by atoms with van der Waals surface area (Å²) < 4.78 is 0. The van der Waals surface area contributed by atoms with E-state index in [0.29, 0.717) is 16.5 Å². The Hall–Kier alpha value is -2.28. The van der Waals surface area contributed by atoms with Crippen molar-refractivity contribution in [3.63, 3.8) is 0 Å². The van der Waals surface area contributed by atoms with Crippen molar-refractivity contribution in [1.29, 1.82) is 0 Å². The van der Waals surface area contributed by atoms with E-state index in [1.807, 2.05) is 18.2 Å². The molecule has 2 heterocycles. The monoisotopic (exact) mass is 304 g/mol. The highest BCUT2D eigenvalue weighted by Crippen LogP contribution is 2.22. The van der Waals surface area contributed by atoms with Gasteiger partial charge in [0.1, 0.15) is 5.69 Å². The first kappa shape index (κ1) is 15.1. The highest BCUT2D eigenvalue weighted by Gasteiger charge is 2.21. The number of hydrogen-bond donors (Lipinski definition) is 2. The van der Waals surface area contributed by atoms with Crippen molar-refractivity contribution >= 4 is 28.3 Å². The van der Waals surface area contributed by atoms with Crippen LogP contribution >= 0.6 is 11.3 Å². The Labute approximate surface area is 126 Å². The van der Waals surface area contributed by atoms with Gasteiger partial charge in [-0.3, -0.25) is 19.9 Å². The Morgan fingerprint density at radius 1 is 1.14 bits per heavy atom. The summed E-state index contributed by atoms with van der Waals surface area (Å²) >= 11 is 1.25. The van der Waals surface area contributed by atoms with Crippen molar-refractivity contribution in [2.24, 2.45) is 0 Å². The van der Waals surface area contributed by atoms with Gasteiger partial charge < -0.3 is 5.32 Å². The SMILES string of the molecule is CC(C)(C)NC(=O)C(=O)Nc1nc(-c2ccccn2)cs1. The predicted octanol–water partition coefficient (Wildman–Crippen LogP) is 2.06. The summed E-state index contributed by atoms with van der Waals surface area (Å²) in [6.07, 6.45) is 1.67. The standard InChI is InChI=1S/C14H16N4O2S/c1-14(2,3)18-12(20)11(19)17-13-16-10(8-21-13)9-6-4-5-7-15-9/h4-8H,1-3H3,(H,18,20)(H,16,17,19). The van der Waals surface area contributed by atoms with Crippen LogP contribution in [0.4, 0.5) is 5.13 Å². The number of amides is 2. The maximum atomic E-state index is 11.8. The maximum Gasteiger partial charge on any atom is 0.315 e. The molecule has 0 fully saturated rings. The fraction of sp³-hybridized carbons (Fsp3) is 0.286. The fourth-order valence-corrected chi connectivity index (χ4v) is 2.21. The normalized spacial score (nSPS) is 11.0. The van der Waals surface area contributed by atoms with Gasteiger partial charge in [0.15, 0.2) is 5.13 Å². The van der Waals surface area contributed by atoms with E-state index >= 15 is 0 Å². The Morgan fingerprint density at radius 3 is 2.52 bits per heavy atom. The minimum atomic E-state index is -0.730. The fourth-order valence-electron chi connectivity index (χ4n) is 1.51. The zero-order valence-corrected chi connectivity index (χ0v) is 12.8. The smallest absolute Gasteiger partial charge is 0.315 e. The Morgan fingerprint density at radius 2 is 1.90 bits per heavy atom. The van der Waals surface area contributed by atoms with E-state index in [1.165, 1.54) is 11.3 Å². The quantitative estimate of drug-likeness (QED) is 0.832. The van der Waals surface area contributed by atoms with Gasteiger partial charge in [-0.2, -0.15) is 0 Å². The van der Waals surface area contributed by atoms with Gasteiger partial charge in [-0.1, -0.05) is 6.07 Å². The van der Waals surface area contributed by atoms with Gasteiger partial charge in [-0.15, -0.1) is 11.3 Å². The minimum absolute atomic E-state index is 0.365. The molecule has 0 unspecified atom stereocenters. The van der Waals surface area contributed by atoms with Crippen molar-refractivity contribution < 1.29 is 9.59 Å². The van der Waals surface area contributed by atoms with Crippen molar-refractivity contribution in [3.05, 3.63) is 29.8 Å². The maximum absolute atomic E-state index is 11.8. The van der Waals surface area contributed by atoms with E-state index in [1.54, 1.807) is 32.3 Å². The third kappa shape index (κ3) is 4.35. The molecule has 0 bridgehead atoms. The molecule has 0 radical (unpaired) electrons. The van der Waals surface area contributed by atoms with E-state index < -0.39 is 17.4 Å². The van der Waals surface area contributed by atoms with Gasteiger partial charge >= 0.3 is 11.8 Å². The zero-order chi connectivity index (χ0) is 15.5. The van der Waals surface area contributed by atoms with Crippen LogP contribution in [0, 0.1) is 0 Å². The third-order valence-electron chi connectivity index (χ3n) is 2.35. The zero-order valence-electron chi connectivity index (χ0n) is 12.0. The van der Waals surface area contributed by atoms with Crippen LogP contribution in [0.2, 0.25) is 0 Å². The molecule has 0 aliphatic rings. The van der Waals surface area contributed by atoms with E-state index in [-0.39, 0.29) is 0 Å². The van der Waals surface area contributed by atoms with Crippen LogP contribution in [-0.4, -0.2) is 27.3 Å². The molecule has 0 aromatic carbocycles. The summed E-state index contributed by atoms with van der Waals surface area (Å²) in [5.74, 6) is -1.41. The number of pyridine rings is 1. The van der Waals surface area contributed by atoms with Crippen LogP contribution in [0.15, 0.2) is 29.8 Å². The molecule has 110 valence electrons. The molecule has 2 rings (SSSR count). The van der Waals surface area contributed by atoms with Gasteiger partial charge in [0.05, 0.1) is 5.69 Å². The second-order valence-corrected chi connectivity index (χ2v) is 6.27. The van der Waals surface area contributed by atoms with Gasteiger partial charge in [0, 0.05) is 17.1 Å². The Kier molecular flexibility index (Phi) is 4.32.